The van der Waals surface area contributed by atoms with E-state index in [0.29, 0.717) is 17.7 Å². The molecule has 4 rings (SSSR count). The molecule has 154 valence electrons. The third-order valence-corrected chi connectivity index (χ3v) is 7.16. The Labute approximate surface area is 165 Å². The van der Waals surface area contributed by atoms with Crippen LogP contribution in [0.25, 0.3) is 0 Å². The van der Waals surface area contributed by atoms with Crippen LogP contribution < -0.4 is 5.32 Å². The predicted molar refractivity (Wildman–Crippen MR) is 108 cm³/mol. The predicted octanol–water partition coefficient (Wildman–Crippen LogP) is 3.77. The molecule has 1 N–H and O–H groups in total. The van der Waals surface area contributed by atoms with Gasteiger partial charge >= 0.3 is 6.03 Å². The first kappa shape index (κ1) is 19.5. The highest BCUT2D eigenvalue weighted by atomic mass is 16.5. The molecule has 4 aliphatic rings. The summed E-state index contributed by atoms with van der Waals surface area (Å²) in [5.74, 6) is 0.851. The van der Waals surface area contributed by atoms with Crippen molar-refractivity contribution in [3.8, 4) is 0 Å². The van der Waals surface area contributed by atoms with E-state index in [2.05, 4.69) is 10.2 Å². The molecular formula is C22H39N3O2. The lowest BCUT2D eigenvalue weighted by atomic mass is 9.69. The van der Waals surface area contributed by atoms with Gasteiger partial charge in [-0.25, -0.2) is 4.79 Å². The monoisotopic (exact) mass is 377 g/mol. The molecule has 1 spiro atoms. The molecule has 0 radical (unpaired) electrons. The van der Waals surface area contributed by atoms with Crippen LogP contribution in [-0.2, 0) is 4.74 Å². The summed E-state index contributed by atoms with van der Waals surface area (Å²) in [6.45, 7) is 10.0. The lowest BCUT2D eigenvalue weighted by Crippen LogP contribution is -2.75. The Morgan fingerprint density at radius 1 is 1.07 bits per heavy atom. The normalized spacial score (nSPS) is 29.6. The van der Waals surface area contributed by atoms with E-state index in [9.17, 15) is 4.79 Å². The van der Waals surface area contributed by atoms with Crippen LogP contribution in [0.5, 0.6) is 0 Å². The fourth-order valence-corrected chi connectivity index (χ4v) is 5.41. The maximum Gasteiger partial charge on any atom is 0.317 e. The molecule has 2 heterocycles. The van der Waals surface area contributed by atoms with Crippen molar-refractivity contribution in [2.75, 3.05) is 26.2 Å². The number of likely N-dealkylation sites (tertiary alicyclic amines) is 2. The van der Waals surface area contributed by atoms with Crippen molar-refractivity contribution in [1.29, 1.82) is 0 Å². The summed E-state index contributed by atoms with van der Waals surface area (Å²) in [5, 5.41) is 3.11. The van der Waals surface area contributed by atoms with Crippen LogP contribution in [0, 0.1) is 5.92 Å². The summed E-state index contributed by atoms with van der Waals surface area (Å²) < 4.78 is 6.41. The maximum absolute atomic E-state index is 12.5. The van der Waals surface area contributed by atoms with Crippen molar-refractivity contribution in [1.82, 2.24) is 15.1 Å². The molecule has 0 bridgehead atoms. The van der Waals surface area contributed by atoms with Gasteiger partial charge in [0.1, 0.15) is 0 Å². The Balaban J connectivity index is 1.32. The van der Waals surface area contributed by atoms with Crippen molar-refractivity contribution < 1.29 is 9.53 Å². The number of ether oxygens (including phenoxy) is 1. The molecule has 1 unspecified atom stereocenters. The molecule has 27 heavy (non-hydrogen) atoms. The number of carbonyl (C=O) groups excluding carboxylic acids is 1. The van der Waals surface area contributed by atoms with Gasteiger partial charge in [0.05, 0.1) is 6.10 Å². The van der Waals surface area contributed by atoms with Crippen LogP contribution in [0.3, 0.4) is 0 Å². The molecule has 0 aromatic rings. The first-order chi connectivity index (χ1) is 12.9. The zero-order valence-corrected chi connectivity index (χ0v) is 17.6. The summed E-state index contributed by atoms with van der Waals surface area (Å²) in [6.07, 6.45) is 12.1. The summed E-state index contributed by atoms with van der Waals surface area (Å²) >= 11 is 0. The minimum Gasteiger partial charge on any atom is -0.375 e. The van der Waals surface area contributed by atoms with Crippen molar-refractivity contribution >= 4 is 6.03 Å². The van der Waals surface area contributed by atoms with E-state index in [1.807, 2.05) is 25.7 Å². The summed E-state index contributed by atoms with van der Waals surface area (Å²) in [4.78, 5) is 17.3. The van der Waals surface area contributed by atoms with Gasteiger partial charge in [0.25, 0.3) is 0 Å². The molecule has 2 saturated carbocycles. The van der Waals surface area contributed by atoms with Crippen LogP contribution in [-0.4, -0.2) is 65.3 Å². The minimum atomic E-state index is -0.163. The topological polar surface area (TPSA) is 44.8 Å². The summed E-state index contributed by atoms with van der Waals surface area (Å²) in [5.41, 5.74) is 0.150. The molecule has 2 aliphatic heterocycles. The highest BCUT2D eigenvalue weighted by Gasteiger charge is 2.56. The molecule has 5 nitrogen and oxygen atoms in total. The quantitative estimate of drug-likeness (QED) is 0.811. The molecule has 1 atom stereocenters. The van der Waals surface area contributed by atoms with Crippen LogP contribution in [0.2, 0.25) is 0 Å². The highest BCUT2D eigenvalue weighted by Crippen LogP contribution is 2.48. The SMILES string of the molecule is CC(C)(C)NC(=O)N1CCC(N2CC(OCC3CC3)C23CCCCC3)CC1. The van der Waals surface area contributed by atoms with Crippen LogP contribution in [0.1, 0.15) is 78.6 Å². The van der Waals surface area contributed by atoms with E-state index < -0.39 is 0 Å². The number of piperidine rings is 1. The first-order valence-corrected chi connectivity index (χ1v) is 11.3. The second-order valence-corrected chi connectivity index (χ2v) is 10.5. The summed E-state index contributed by atoms with van der Waals surface area (Å²) in [7, 11) is 0. The highest BCUT2D eigenvalue weighted by molar-refractivity contribution is 5.75. The van der Waals surface area contributed by atoms with Crippen molar-refractivity contribution in [3.05, 3.63) is 0 Å². The lowest BCUT2D eigenvalue weighted by molar-refractivity contribution is -0.202. The average molecular weight is 378 g/mol. The van der Waals surface area contributed by atoms with E-state index in [1.54, 1.807) is 0 Å². The largest absolute Gasteiger partial charge is 0.375 e. The number of carbonyl (C=O) groups is 1. The van der Waals surface area contributed by atoms with Crippen molar-refractivity contribution in [2.24, 2.45) is 5.92 Å². The third kappa shape index (κ3) is 4.29. The number of hydrogen-bond acceptors (Lipinski definition) is 3. The van der Waals surface area contributed by atoms with Gasteiger partial charge < -0.3 is 15.0 Å². The van der Waals surface area contributed by atoms with E-state index in [0.717, 1.165) is 45.0 Å². The van der Waals surface area contributed by atoms with Gasteiger partial charge in [-0.2, -0.15) is 0 Å². The zero-order valence-electron chi connectivity index (χ0n) is 17.6. The van der Waals surface area contributed by atoms with E-state index in [4.69, 9.17) is 4.74 Å². The number of urea groups is 1. The van der Waals surface area contributed by atoms with Gasteiger partial charge in [0.2, 0.25) is 0 Å². The van der Waals surface area contributed by atoms with Gasteiger partial charge in [-0.1, -0.05) is 19.3 Å². The number of nitrogens with one attached hydrogen (secondary N) is 1. The molecule has 4 fully saturated rings. The zero-order chi connectivity index (χ0) is 19.1. The Hall–Kier alpha value is -0.810. The van der Waals surface area contributed by atoms with E-state index in [-0.39, 0.29) is 11.6 Å². The second kappa shape index (κ2) is 7.55. The Morgan fingerprint density at radius 3 is 2.33 bits per heavy atom. The van der Waals surface area contributed by atoms with Crippen LogP contribution in [0.15, 0.2) is 0 Å². The molecule has 0 aromatic heterocycles. The molecular weight excluding hydrogens is 338 g/mol. The fraction of sp³-hybridized carbons (Fsp3) is 0.955. The van der Waals surface area contributed by atoms with Gasteiger partial charge in [0.15, 0.2) is 0 Å². The minimum absolute atomic E-state index is 0.0996. The molecule has 2 amide bonds. The molecule has 5 heteroatoms. The van der Waals surface area contributed by atoms with Gasteiger partial charge in [-0.15, -0.1) is 0 Å². The van der Waals surface area contributed by atoms with Crippen molar-refractivity contribution in [2.45, 2.75) is 102 Å². The van der Waals surface area contributed by atoms with Crippen LogP contribution in [0.4, 0.5) is 4.79 Å². The third-order valence-electron chi connectivity index (χ3n) is 7.16. The molecule has 2 saturated heterocycles. The first-order valence-electron chi connectivity index (χ1n) is 11.3. The second-order valence-electron chi connectivity index (χ2n) is 10.5. The standard InChI is InChI=1S/C22H39N3O2/c1-21(2,3)23-20(26)24-13-9-18(10-14-24)25-15-19(27-16-17-7-8-17)22(25)11-5-4-6-12-22/h17-19H,4-16H2,1-3H3,(H,23,26). The maximum atomic E-state index is 12.5. The van der Waals surface area contributed by atoms with Crippen LogP contribution >= 0.6 is 0 Å². The molecule has 2 aliphatic carbocycles. The smallest absolute Gasteiger partial charge is 0.317 e. The van der Waals surface area contributed by atoms with Gasteiger partial charge in [-0.3, -0.25) is 4.90 Å². The average Bonchev–Trinajstić information content (AvgIpc) is 3.45. The Morgan fingerprint density at radius 2 is 1.74 bits per heavy atom. The van der Waals surface area contributed by atoms with Gasteiger partial charge in [0, 0.05) is 43.4 Å². The Bertz CT molecular complexity index is 526. The number of rotatable bonds is 4. The number of amides is 2. The lowest BCUT2D eigenvalue weighted by Gasteiger charge is -2.63. The number of nitrogens with zero attached hydrogens (tertiary/aromatic N) is 2. The van der Waals surface area contributed by atoms with Crippen molar-refractivity contribution in [3.63, 3.8) is 0 Å². The fourth-order valence-electron chi connectivity index (χ4n) is 5.41. The Kier molecular flexibility index (Phi) is 5.45. The number of hydrogen-bond donors (Lipinski definition) is 1. The summed E-state index contributed by atoms with van der Waals surface area (Å²) in [6, 6.07) is 0.727. The van der Waals surface area contributed by atoms with E-state index in [1.165, 1.54) is 44.9 Å². The molecule has 0 aromatic carbocycles. The van der Waals surface area contributed by atoms with Gasteiger partial charge in [-0.05, 0) is 65.2 Å². The van der Waals surface area contributed by atoms with E-state index >= 15 is 0 Å².